The molecule has 2 aromatic carbocycles. The van der Waals surface area contributed by atoms with E-state index in [1.807, 2.05) is 0 Å². The molecule has 0 saturated heterocycles. The summed E-state index contributed by atoms with van der Waals surface area (Å²) < 4.78 is 5.47. The van der Waals surface area contributed by atoms with Gasteiger partial charge >= 0.3 is 5.97 Å². The second-order valence-corrected chi connectivity index (χ2v) is 6.01. The van der Waals surface area contributed by atoms with Crippen LogP contribution in [0.1, 0.15) is 11.1 Å². The van der Waals surface area contributed by atoms with Crippen LogP contribution in [0.2, 0.25) is 10.0 Å². The van der Waals surface area contributed by atoms with Crippen LogP contribution >= 0.6 is 23.2 Å². The lowest BCUT2D eigenvalue weighted by Gasteiger charge is -2.12. The van der Waals surface area contributed by atoms with Crippen LogP contribution in [0.15, 0.2) is 42.5 Å². The predicted molar refractivity (Wildman–Crippen MR) is 98.4 cm³/mol. The van der Waals surface area contributed by atoms with Gasteiger partial charge in [-0.3, -0.25) is 4.79 Å². The van der Waals surface area contributed by atoms with Gasteiger partial charge in [0.1, 0.15) is 5.75 Å². The van der Waals surface area contributed by atoms with Crippen LogP contribution in [0.25, 0.3) is 6.08 Å². The van der Waals surface area contributed by atoms with Gasteiger partial charge in [0.15, 0.2) is 6.61 Å². The molecule has 0 aliphatic carbocycles. The lowest BCUT2D eigenvalue weighted by atomic mass is 10.2. The van der Waals surface area contributed by atoms with Gasteiger partial charge in [-0.25, -0.2) is 4.79 Å². The van der Waals surface area contributed by atoms with Crippen LogP contribution < -0.4 is 10.1 Å². The maximum Gasteiger partial charge on any atom is 0.328 e. The zero-order valence-corrected chi connectivity index (χ0v) is 14.8. The summed E-state index contributed by atoms with van der Waals surface area (Å²) in [5.41, 5.74) is 1.91. The first-order valence-corrected chi connectivity index (χ1v) is 8.00. The third-order valence-corrected chi connectivity index (χ3v) is 3.63. The van der Waals surface area contributed by atoms with Crippen molar-refractivity contribution in [3.8, 4) is 5.75 Å². The maximum absolute atomic E-state index is 12.0. The van der Waals surface area contributed by atoms with E-state index in [4.69, 9.17) is 33.0 Å². The van der Waals surface area contributed by atoms with Crippen LogP contribution in [-0.4, -0.2) is 23.6 Å². The zero-order chi connectivity index (χ0) is 18.4. The molecule has 130 valence electrons. The van der Waals surface area contributed by atoms with Gasteiger partial charge in [-0.1, -0.05) is 35.3 Å². The molecular weight excluding hydrogens is 365 g/mol. The summed E-state index contributed by atoms with van der Waals surface area (Å²) in [5, 5.41) is 12.1. The predicted octanol–water partition coefficient (Wildman–Crippen LogP) is 4.42. The molecule has 0 saturated carbocycles. The number of carboxylic acid groups (broad SMARTS) is 1. The van der Waals surface area contributed by atoms with E-state index in [-0.39, 0.29) is 12.5 Å². The lowest BCUT2D eigenvalue weighted by molar-refractivity contribution is -0.131. The fraction of sp³-hybridized carbons (Fsp3) is 0.111. The minimum absolute atomic E-state index is 0.225. The summed E-state index contributed by atoms with van der Waals surface area (Å²) >= 11 is 12.0. The number of anilines is 1. The minimum atomic E-state index is -1.04. The molecule has 25 heavy (non-hydrogen) atoms. The molecule has 5 nitrogen and oxygen atoms in total. The Morgan fingerprint density at radius 3 is 2.68 bits per heavy atom. The van der Waals surface area contributed by atoms with Gasteiger partial charge in [-0.2, -0.15) is 0 Å². The SMILES string of the molecule is Cc1cc(Cl)cc(Cl)c1OCC(=O)Nc1cccc(/C=C/C(=O)O)c1. The van der Waals surface area contributed by atoms with E-state index in [1.165, 1.54) is 6.08 Å². The molecule has 0 bridgehead atoms. The van der Waals surface area contributed by atoms with E-state index in [0.29, 0.717) is 27.0 Å². The highest BCUT2D eigenvalue weighted by atomic mass is 35.5. The van der Waals surface area contributed by atoms with Crippen molar-refractivity contribution in [1.82, 2.24) is 0 Å². The molecule has 0 radical (unpaired) electrons. The van der Waals surface area contributed by atoms with Gasteiger partial charge in [-0.15, -0.1) is 0 Å². The lowest BCUT2D eigenvalue weighted by Crippen LogP contribution is -2.20. The number of aliphatic carboxylic acids is 1. The van der Waals surface area contributed by atoms with E-state index in [2.05, 4.69) is 5.32 Å². The fourth-order valence-electron chi connectivity index (χ4n) is 2.09. The molecule has 0 aliphatic heterocycles. The summed E-state index contributed by atoms with van der Waals surface area (Å²) in [6.45, 7) is 1.56. The van der Waals surface area contributed by atoms with Crippen molar-refractivity contribution in [2.24, 2.45) is 0 Å². The van der Waals surface area contributed by atoms with Crippen LogP contribution in [0.5, 0.6) is 5.75 Å². The molecule has 2 rings (SSSR count). The third-order valence-electron chi connectivity index (χ3n) is 3.13. The Kier molecular flexibility index (Phi) is 6.44. The van der Waals surface area contributed by atoms with E-state index < -0.39 is 5.97 Å². The number of ether oxygens (including phenoxy) is 1. The Labute approximate surface area is 154 Å². The number of nitrogens with one attached hydrogen (secondary N) is 1. The Hall–Kier alpha value is -2.50. The van der Waals surface area contributed by atoms with Crippen molar-refractivity contribution in [3.63, 3.8) is 0 Å². The third kappa shape index (κ3) is 5.81. The van der Waals surface area contributed by atoms with Crippen LogP contribution in [-0.2, 0) is 9.59 Å². The summed E-state index contributed by atoms with van der Waals surface area (Å²) in [5.74, 6) is -1.01. The summed E-state index contributed by atoms with van der Waals surface area (Å²) in [6, 6.07) is 10.0. The van der Waals surface area contributed by atoms with Gasteiger partial charge < -0.3 is 15.2 Å². The van der Waals surface area contributed by atoms with Crippen LogP contribution in [0.3, 0.4) is 0 Å². The largest absolute Gasteiger partial charge is 0.482 e. The molecule has 1 amide bonds. The van der Waals surface area contributed by atoms with Crippen molar-refractivity contribution < 1.29 is 19.4 Å². The first-order valence-electron chi connectivity index (χ1n) is 7.24. The average molecular weight is 380 g/mol. The standard InChI is InChI=1S/C18H15Cl2NO4/c1-11-7-13(19)9-15(20)18(11)25-10-16(22)21-14-4-2-3-12(8-14)5-6-17(23)24/h2-9H,10H2,1H3,(H,21,22)(H,23,24)/b6-5+. The molecule has 0 aliphatic rings. The average Bonchev–Trinajstić information content (AvgIpc) is 2.52. The van der Waals surface area contributed by atoms with Gasteiger partial charge in [0.25, 0.3) is 5.91 Å². The van der Waals surface area contributed by atoms with Crippen molar-refractivity contribution in [2.75, 3.05) is 11.9 Å². The number of hydrogen-bond donors (Lipinski definition) is 2. The fourth-order valence-corrected chi connectivity index (χ4v) is 2.74. The highest BCUT2D eigenvalue weighted by molar-refractivity contribution is 6.35. The Morgan fingerprint density at radius 2 is 2.00 bits per heavy atom. The van der Waals surface area contributed by atoms with Crippen molar-refractivity contribution in [2.45, 2.75) is 6.92 Å². The van der Waals surface area contributed by atoms with E-state index in [0.717, 1.165) is 11.6 Å². The highest BCUT2D eigenvalue weighted by Crippen LogP contribution is 2.31. The molecule has 0 atom stereocenters. The number of carboxylic acids is 1. The second kappa shape index (κ2) is 8.55. The number of carbonyl (C=O) groups excluding carboxylic acids is 1. The van der Waals surface area contributed by atoms with E-state index >= 15 is 0 Å². The van der Waals surface area contributed by atoms with E-state index in [1.54, 1.807) is 43.3 Å². The highest BCUT2D eigenvalue weighted by Gasteiger charge is 2.10. The Balaban J connectivity index is 1.99. The molecule has 0 fully saturated rings. The first kappa shape index (κ1) is 18.8. The molecular formula is C18H15Cl2NO4. The maximum atomic E-state index is 12.0. The molecule has 0 aromatic heterocycles. The topological polar surface area (TPSA) is 75.6 Å². The zero-order valence-electron chi connectivity index (χ0n) is 13.3. The Bertz CT molecular complexity index is 811. The van der Waals surface area contributed by atoms with Gasteiger partial charge in [0.05, 0.1) is 5.02 Å². The van der Waals surface area contributed by atoms with Gasteiger partial charge in [0.2, 0.25) is 0 Å². The number of aryl methyl sites for hydroxylation is 1. The number of amides is 1. The van der Waals surface area contributed by atoms with Crippen molar-refractivity contribution >= 4 is 46.8 Å². The molecule has 0 heterocycles. The molecule has 0 unspecified atom stereocenters. The summed E-state index contributed by atoms with van der Waals surface area (Å²) in [7, 11) is 0. The first-order chi connectivity index (χ1) is 11.8. The minimum Gasteiger partial charge on any atom is -0.482 e. The summed E-state index contributed by atoms with van der Waals surface area (Å²) in [6.07, 6.45) is 2.46. The Morgan fingerprint density at radius 1 is 1.24 bits per heavy atom. The number of benzene rings is 2. The van der Waals surface area contributed by atoms with Gasteiger partial charge in [0, 0.05) is 16.8 Å². The molecule has 0 spiro atoms. The number of halogens is 2. The van der Waals surface area contributed by atoms with Crippen LogP contribution in [0, 0.1) is 6.92 Å². The molecule has 2 N–H and O–H groups in total. The van der Waals surface area contributed by atoms with Crippen molar-refractivity contribution in [3.05, 3.63) is 63.6 Å². The van der Waals surface area contributed by atoms with E-state index in [9.17, 15) is 9.59 Å². The molecule has 7 heteroatoms. The smallest absolute Gasteiger partial charge is 0.328 e. The molecule has 2 aromatic rings. The van der Waals surface area contributed by atoms with Crippen molar-refractivity contribution in [1.29, 1.82) is 0 Å². The normalized spacial score (nSPS) is 10.7. The second-order valence-electron chi connectivity index (χ2n) is 5.17. The number of rotatable bonds is 6. The van der Waals surface area contributed by atoms with Gasteiger partial charge in [-0.05, 0) is 48.4 Å². The monoisotopic (exact) mass is 379 g/mol. The number of carbonyl (C=O) groups is 2. The quantitative estimate of drug-likeness (QED) is 0.728. The number of hydrogen-bond acceptors (Lipinski definition) is 3. The summed E-state index contributed by atoms with van der Waals surface area (Å²) in [4.78, 5) is 22.6. The van der Waals surface area contributed by atoms with Crippen LogP contribution in [0.4, 0.5) is 5.69 Å².